The SMILES string of the molecule is CC12CC(CCO1)N(C(=O)c1cn(-c3ccc4c(c3)C(=O)N(C3CCC(=O)NC3=O)C4)nn1)C2. The minimum Gasteiger partial charge on any atom is -0.373 e. The lowest BCUT2D eigenvalue weighted by Crippen LogP contribution is -2.52. The van der Waals surface area contributed by atoms with E-state index in [0.29, 0.717) is 37.4 Å². The number of rotatable bonds is 3. The largest absolute Gasteiger partial charge is 0.373 e. The van der Waals surface area contributed by atoms with E-state index in [0.717, 1.165) is 18.4 Å². The minimum absolute atomic E-state index is 0.146. The molecule has 4 aliphatic heterocycles. The molecule has 2 bridgehead atoms. The van der Waals surface area contributed by atoms with E-state index in [1.54, 1.807) is 18.3 Å². The van der Waals surface area contributed by atoms with E-state index >= 15 is 0 Å². The average Bonchev–Trinajstić information content (AvgIpc) is 3.48. The number of carbonyl (C=O) groups excluding carboxylic acids is 4. The second kappa shape index (κ2) is 7.45. The molecule has 3 unspecified atom stereocenters. The van der Waals surface area contributed by atoms with E-state index in [1.165, 1.54) is 9.58 Å². The molecular weight excluding hydrogens is 440 g/mol. The molecule has 1 N–H and O–H groups in total. The number of nitrogens with zero attached hydrogens (tertiary/aromatic N) is 5. The molecule has 11 nitrogen and oxygen atoms in total. The smallest absolute Gasteiger partial charge is 0.276 e. The zero-order valence-electron chi connectivity index (χ0n) is 18.7. The summed E-state index contributed by atoms with van der Waals surface area (Å²) in [7, 11) is 0. The van der Waals surface area contributed by atoms with Crippen molar-refractivity contribution in [3.63, 3.8) is 0 Å². The molecule has 34 heavy (non-hydrogen) atoms. The summed E-state index contributed by atoms with van der Waals surface area (Å²) >= 11 is 0. The van der Waals surface area contributed by atoms with Gasteiger partial charge in [0.25, 0.3) is 11.8 Å². The Morgan fingerprint density at radius 2 is 2.09 bits per heavy atom. The summed E-state index contributed by atoms with van der Waals surface area (Å²) in [6, 6.07) is 4.80. The predicted octanol–water partition coefficient (Wildman–Crippen LogP) is 0.422. The van der Waals surface area contributed by atoms with Crippen LogP contribution in [0.15, 0.2) is 24.4 Å². The average molecular weight is 464 g/mol. The molecule has 4 amide bonds. The summed E-state index contributed by atoms with van der Waals surface area (Å²) in [5.41, 5.74) is 1.81. The highest BCUT2D eigenvalue weighted by atomic mass is 16.5. The van der Waals surface area contributed by atoms with Crippen LogP contribution in [0, 0.1) is 0 Å². The van der Waals surface area contributed by atoms with Crippen LogP contribution in [-0.2, 0) is 20.9 Å². The third-order valence-corrected chi connectivity index (χ3v) is 7.26. The number of benzene rings is 1. The van der Waals surface area contributed by atoms with E-state index in [2.05, 4.69) is 15.6 Å². The highest BCUT2D eigenvalue weighted by Gasteiger charge is 2.47. The second-order valence-electron chi connectivity index (χ2n) is 9.67. The molecule has 5 heterocycles. The van der Waals surface area contributed by atoms with E-state index in [9.17, 15) is 19.2 Å². The van der Waals surface area contributed by atoms with Gasteiger partial charge in [-0.05, 0) is 43.9 Å². The topological polar surface area (TPSA) is 127 Å². The molecule has 0 aliphatic carbocycles. The molecule has 176 valence electrons. The van der Waals surface area contributed by atoms with Crippen LogP contribution in [0.5, 0.6) is 0 Å². The zero-order valence-corrected chi connectivity index (χ0v) is 18.7. The van der Waals surface area contributed by atoms with Crippen LogP contribution < -0.4 is 5.32 Å². The summed E-state index contributed by atoms with van der Waals surface area (Å²) in [5.74, 6) is -1.20. The Labute approximate surface area is 195 Å². The van der Waals surface area contributed by atoms with E-state index in [1.807, 2.05) is 17.9 Å². The van der Waals surface area contributed by atoms with E-state index in [-0.39, 0.29) is 41.5 Å². The van der Waals surface area contributed by atoms with Crippen LogP contribution in [-0.4, -0.2) is 79.3 Å². The molecule has 3 saturated heterocycles. The summed E-state index contributed by atoms with van der Waals surface area (Å²) in [6.07, 6.45) is 3.73. The lowest BCUT2D eigenvalue weighted by molar-refractivity contribution is -0.136. The van der Waals surface area contributed by atoms with Crippen molar-refractivity contribution in [2.45, 2.75) is 56.8 Å². The first-order chi connectivity index (χ1) is 16.3. The number of hydrogen-bond donors (Lipinski definition) is 1. The van der Waals surface area contributed by atoms with Gasteiger partial charge >= 0.3 is 0 Å². The Morgan fingerprint density at radius 1 is 1.24 bits per heavy atom. The van der Waals surface area contributed by atoms with Gasteiger partial charge in [-0.25, -0.2) is 4.68 Å². The first kappa shape index (κ1) is 21.0. The normalized spacial score (nSPS) is 28.3. The number of fused-ring (bicyclic) bond motifs is 3. The van der Waals surface area contributed by atoms with Crippen molar-refractivity contribution in [1.29, 1.82) is 0 Å². The monoisotopic (exact) mass is 464 g/mol. The highest BCUT2D eigenvalue weighted by molar-refractivity contribution is 6.05. The van der Waals surface area contributed by atoms with Crippen molar-refractivity contribution < 1.29 is 23.9 Å². The molecule has 0 radical (unpaired) electrons. The highest BCUT2D eigenvalue weighted by Crippen LogP contribution is 2.37. The predicted molar refractivity (Wildman–Crippen MR) is 116 cm³/mol. The number of likely N-dealkylation sites (tertiary alicyclic amines) is 1. The van der Waals surface area contributed by atoms with Gasteiger partial charge in [0, 0.05) is 31.2 Å². The Morgan fingerprint density at radius 3 is 2.88 bits per heavy atom. The number of piperidine rings is 1. The maximum absolute atomic E-state index is 13.1. The first-order valence-electron chi connectivity index (χ1n) is 11.5. The Hall–Kier alpha value is -3.60. The molecular formula is C23H24N6O5. The molecule has 2 aromatic rings. The summed E-state index contributed by atoms with van der Waals surface area (Å²) < 4.78 is 7.33. The van der Waals surface area contributed by atoms with Gasteiger partial charge < -0.3 is 14.5 Å². The lowest BCUT2D eigenvalue weighted by Gasteiger charge is -2.29. The molecule has 4 aliphatic rings. The number of carbonyl (C=O) groups is 4. The summed E-state index contributed by atoms with van der Waals surface area (Å²) in [4.78, 5) is 53.2. The zero-order chi connectivity index (χ0) is 23.6. The number of amides is 4. The van der Waals surface area contributed by atoms with Gasteiger partial charge in [-0.15, -0.1) is 5.10 Å². The van der Waals surface area contributed by atoms with Crippen LogP contribution >= 0.6 is 0 Å². The maximum atomic E-state index is 13.1. The Balaban J connectivity index is 1.21. The number of aromatic nitrogens is 3. The van der Waals surface area contributed by atoms with Gasteiger partial charge in [0.1, 0.15) is 6.04 Å². The van der Waals surface area contributed by atoms with Crippen molar-refractivity contribution in [2.24, 2.45) is 0 Å². The third kappa shape index (κ3) is 3.30. The van der Waals surface area contributed by atoms with Crippen LogP contribution in [0.2, 0.25) is 0 Å². The number of hydrogen-bond acceptors (Lipinski definition) is 7. The third-order valence-electron chi connectivity index (χ3n) is 7.26. The quantitative estimate of drug-likeness (QED) is 0.653. The summed E-state index contributed by atoms with van der Waals surface area (Å²) in [6.45, 7) is 3.52. The van der Waals surface area contributed by atoms with E-state index in [4.69, 9.17) is 4.74 Å². The fraction of sp³-hybridized carbons (Fsp3) is 0.478. The van der Waals surface area contributed by atoms with Crippen molar-refractivity contribution in [3.8, 4) is 5.69 Å². The Bertz CT molecular complexity index is 1240. The van der Waals surface area contributed by atoms with Gasteiger partial charge in [0.05, 0.1) is 24.0 Å². The lowest BCUT2D eigenvalue weighted by atomic mass is 9.98. The molecule has 11 heteroatoms. The van der Waals surface area contributed by atoms with E-state index < -0.39 is 11.9 Å². The fourth-order valence-electron chi connectivity index (χ4n) is 5.52. The van der Waals surface area contributed by atoms with Gasteiger partial charge in [0.2, 0.25) is 11.8 Å². The van der Waals surface area contributed by atoms with Crippen molar-refractivity contribution in [2.75, 3.05) is 13.2 Å². The van der Waals surface area contributed by atoms with Crippen molar-refractivity contribution in [3.05, 3.63) is 41.2 Å². The van der Waals surface area contributed by atoms with Crippen LogP contribution in [0.1, 0.15) is 59.0 Å². The number of nitrogens with one attached hydrogen (secondary N) is 1. The molecule has 6 rings (SSSR count). The number of imide groups is 1. The minimum atomic E-state index is -0.664. The second-order valence-corrected chi connectivity index (χ2v) is 9.67. The number of ether oxygens (including phenoxy) is 1. The fourth-order valence-corrected chi connectivity index (χ4v) is 5.52. The van der Waals surface area contributed by atoms with Crippen LogP contribution in [0.25, 0.3) is 5.69 Å². The summed E-state index contributed by atoms with van der Waals surface area (Å²) in [5, 5.41) is 10.5. The standard InChI is InChI=1S/C23H24N6O5/c1-23-9-15(6-7-34-23)28(12-23)22(33)17-11-29(26-25-17)14-3-2-13-10-27(21(32)16(13)8-14)18-4-5-19(30)24-20(18)31/h2-3,8,11,15,18H,4-7,9-10,12H2,1H3,(H,24,30,31). The molecule has 0 spiro atoms. The Kier molecular flexibility index (Phi) is 4.60. The molecule has 1 aromatic heterocycles. The van der Waals surface area contributed by atoms with Gasteiger partial charge in [-0.3, -0.25) is 24.5 Å². The van der Waals surface area contributed by atoms with Gasteiger partial charge in [0.15, 0.2) is 5.69 Å². The van der Waals surface area contributed by atoms with Crippen molar-refractivity contribution >= 4 is 23.6 Å². The van der Waals surface area contributed by atoms with Crippen LogP contribution in [0.3, 0.4) is 0 Å². The van der Waals surface area contributed by atoms with Gasteiger partial charge in [-0.2, -0.15) is 0 Å². The maximum Gasteiger partial charge on any atom is 0.276 e. The first-order valence-corrected chi connectivity index (χ1v) is 11.5. The molecule has 3 fully saturated rings. The van der Waals surface area contributed by atoms with Crippen LogP contribution in [0.4, 0.5) is 0 Å². The molecule has 1 aromatic carbocycles. The molecule has 3 atom stereocenters. The molecule has 0 saturated carbocycles. The van der Waals surface area contributed by atoms with Crippen molar-refractivity contribution in [1.82, 2.24) is 30.1 Å². The van der Waals surface area contributed by atoms with Gasteiger partial charge in [-0.1, -0.05) is 11.3 Å².